The van der Waals surface area contributed by atoms with E-state index in [1.807, 2.05) is 0 Å². The first-order valence-corrected chi connectivity index (χ1v) is 13.9. The van der Waals surface area contributed by atoms with Crippen LogP contribution in [0.25, 0.3) is 0 Å². The predicted molar refractivity (Wildman–Crippen MR) is 139 cm³/mol. The van der Waals surface area contributed by atoms with Gasteiger partial charge in [0.15, 0.2) is 6.29 Å². The highest BCUT2D eigenvalue weighted by Crippen LogP contribution is 2.20. The molecule has 1 fully saturated rings. The molecular formula is C28H45NO7. The molecule has 2 rings (SSSR count). The molecule has 8 nitrogen and oxygen atoms in total. The molecule has 36 heavy (non-hydrogen) atoms. The first kappa shape index (κ1) is 30.0. The van der Waals surface area contributed by atoms with Crippen LogP contribution in [0.3, 0.4) is 0 Å². The monoisotopic (exact) mass is 507 g/mol. The number of nitro groups is 1. The van der Waals surface area contributed by atoms with Gasteiger partial charge in [0, 0.05) is 12.1 Å². The summed E-state index contributed by atoms with van der Waals surface area (Å²) >= 11 is 0. The predicted octanol–water partition coefficient (Wildman–Crippen LogP) is 8.11. The Balaban J connectivity index is 1.38. The van der Waals surface area contributed by atoms with Crippen LogP contribution in [0.4, 0.5) is 10.5 Å². The number of carbonyl (C=O) groups is 1. The van der Waals surface area contributed by atoms with Crippen LogP contribution in [0.15, 0.2) is 24.3 Å². The quantitative estimate of drug-likeness (QED) is 0.0578. The van der Waals surface area contributed by atoms with E-state index >= 15 is 0 Å². The Morgan fingerprint density at radius 1 is 0.889 bits per heavy atom. The third kappa shape index (κ3) is 13.8. The summed E-state index contributed by atoms with van der Waals surface area (Å²) in [5, 5.41) is 10.7. The van der Waals surface area contributed by atoms with Crippen molar-refractivity contribution in [3.8, 4) is 5.75 Å². The van der Waals surface area contributed by atoms with Crippen LogP contribution < -0.4 is 4.74 Å². The van der Waals surface area contributed by atoms with Gasteiger partial charge in [-0.05, 0) is 25.0 Å². The van der Waals surface area contributed by atoms with E-state index in [1.54, 1.807) is 0 Å². The fourth-order valence-electron chi connectivity index (χ4n) is 4.35. The maximum Gasteiger partial charge on any atom is 0.513 e. The average Bonchev–Trinajstić information content (AvgIpc) is 3.33. The third-order valence-electron chi connectivity index (χ3n) is 6.49. The number of ether oxygens (including phenoxy) is 4. The SMILES string of the molecule is CCCCCCCCCCCCCCCCCC1OCC(COC(=O)Oc2ccc([N+](=O)[O-])cc2)O1. The molecule has 2 atom stereocenters. The molecule has 0 amide bonds. The molecule has 0 spiro atoms. The number of hydrogen-bond acceptors (Lipinski definition) is 7. The third-order valence-corrected chi connectivity index (χ3v) is 6.49. The molecule has 1 aromatic carbocycles. The first-order valence-electron chi connectivity index (χ1n) is 13.9. The molecule has 0 bridgehead atoms. The van der Waals surface area contributed by atoms with E-state index in [9.17, 15) is 14.9 Å². The van der Waals surface area contributed by atoms with Crippen molar-refractivity contribution in [2.75, 3.05) is 13.2 Å². The zero-order valence-electron chi connectivity index (χ0n) is 22.0. The van der Waals surface area contributed by atoms with Gasteiger partial charge >= 0.3 is 6.16 Å². The van der Waals surface area contributed by atoms with Crippen LogP contribution in [-0.4, -0.2) is 36.7 Å². The van der Waals surface area contributed by atoms with Crippen LogP contribution in [0.1, 0.15) is 110 Å². The lowest BCUT2D eigenvalue weighted by atomic mass is 10.0. The van der Waals surface area contributed by atoms with E-state index in [1.165, 1.54) is 114 Å². The fraction of sp³-hybridized carbons (Fsp3) is 0.750. The van der Waals surface area contributed by atoms with Gasteiger partial charge in [-0.25, -0.2) is 4.79 Å². The van der Waals surface area contributed by atoms with Gasteiger partial charge in [0.25, 0.3) is 5.69 Å². The van der Waals surface area contributed by atoms with E-state index in [2.05, 4.69) is 6.92 Å². The number of benzene rings is 1. The molecule has 204 valence electrons. The zero-order chi connectivity index (χ0) is 25.8. The van der Waals surface area contributed by atoms with Crippen molar-refractivity contribution in [2.45, 2.75) is 122 Å². The lowest BCUT2D eigenvalue weighted by Gasteiger charge is -2.12. The van der Waals surface area contributed by atoms with Gasteiger partial charge in [-0.3, -0.25) is 10.1 Å². The average molecular weight is 508 g/mol. The molecule has 0 aromatic heterocycles. The van der Waals surface area contributed by atoms with Gasteiger partial charge in [0.1, 0.15) is 18.5 Å². The van der Waals surface area contributed by atoms with Gasteiger partial charge in [0.2, 0.25) is 0 Å². The summed E-state index contributed by atoms with van der Waals surface area (Å²) in [5.74, 6) is 0.181. The summed E-state index contributed by atoms with van der Waals surface area (Å²) in [5.41, 5.74) is -0.0765. The molecule has 1 aliphatic rings. The van der Waals surface area contributed by atoms with Crippen molar-refractivity contribution in [1.82, 2.24) is 0 Å². The van der Waals surface area contributed by atoms with Crippen LogP contribution in [-0.2, 0) is 14.2 Å². The maximum atomic E-state index is 11.8. The van der Waals surface area contributed by atoms with Gasteiger partial charge in [-0.15, -0.1) is 0 Å². The molecule has 1 aromatic rings. The molecule has 2 unspecified atom stereocenters. The van der Waals surface area contributed by atoms with Crippen LogP contribution in [0.5, 0.6) is 5.75 Å². The Labute approximate surface area is 216 Å². The Morgan fingerprint density at radius 3 is 1.94 bits per heavy atom. The maximum absolute atomic E-state index is 11.8. The Morgan fingerprint density at radius 2 is 1.42 bits per heavy atom. The first-order chi connectivity index (χ1) is 17.6. The summed E-state index contributed by atoms with van der Waals surface area (Å²) in [4.78, 5) is 22.0. The largest absolute Gasteiger partial charge is 0.513 e. The van der Waals surface area contributed by atoms with Crippen molar-refractivity contribution < 1.29 is 28.7 Å². The fourth-order valence-corrected chi connectivity index (χ4v) is 4.35. The standard InChI is InChI=1S/C28H45NO7/c1-2-3-4-5-6-7-8-9-10-11-12-13-14-15-16-17-27-33-22-26(35-27)23-34-28(30)36-25-20-18-24(19-21-25)29(31)32/h18-21,26-27H,2-17,22-23H2,1H3. The summed E-state index contributed by atoms with van der Waals surface area (Å²) in [6.45, 7) is 2.69. The Bertz CT molecular complexity index is 725. The highest BCUT2D eigenvalue weighted by molar-refractivity contribution is 5.64. The lowest BCUT2D eigenvalue weighted by Crippen LogP contribution is -2.23. The second-order valence-electron chi connectivity index (χ2n) is 9.67. The smallest absolute Gasteiger partial charge is 0.431 e. The zero-order valence-corrected chi connectivity index (χ0v) is 22.0. The van der Waals surface area contributed by atoms with E-state index in [0.717, 1.165) is 12.8 Å². The minimum Gasteiger partial charge on any atom is -0.431 e. The minimum absolute atomic E-state index is 0.0428. The molecule has 1 aliphatic heterocycles. The number of nitro benzene ring substituents is 1. The van der Waals surface area contributed by atoms with E-state index in [-0.39, 0.29) is 30.4 Å². The van der Waals surface area contributed by atoms with Gasteiger partial charge in [-0.2, -0.15) is 0 Å². The van der Waals surface area contributed by atoms with Crippen molar-refractivity contribution in [2.24, 2.45) is 0 Å². The topological polar surface area (TPSA) is 97.1 Å². The molecule has 0 aliphatic carbocycles. The van der Waals surface area contributed by atoms with Crippen molar-refractivity contribution in [1.29, 1.82) is 0 Å². The number of hydrogen-bond donors (Lipinski definition) is 0. The Kier molecular flexibility index (Phi) is 15.8. The molecule has 1 saturated heterocycles. The van der Waals surface area contributed by atoms with Crippen molar-refractivity contribution >= 4 is 11.8 Å². The normalized spacial score (nSPS) is 17.2. The van der Waals surface area contributed by atoms with Gasteiger partial charge in [0.05, 0.1) is 11.5 Å². The van der Waals surface area contributed by atoms with E-state index in [0.29, 0.717) is 6.61 Å². The second kappa shape index (κ2) is 19.0. The number of rotatable bonds is 20. The Hall–Kier alpha value is -2.19. The van der Waals surface area contributed by atoms with E-state index < -0.39 is 11.1 Å². The molecule has 0 N–H and O–H groups in total. The van der Waals surface area contributed by atoms with Crippen molar-refractivity contribution in [3.05, 3.63) is 34.4 Å². The summed E-state index contributed by atoms with van der Waals surface area (Å²) < 4.78 is 21.5. The van der Waals surface area contributed by atoms with Crippen LogP contribution >= 0.6 is 0 Å². The number of non-ortho nitro benzene ring substituents is 1. The van der Waals surface area contributed by atoms with Crippen LogP contribution in [0, 0.1) is 10.1 Å². The molecular weight excluding hydrogens is 462 g/mol. The van der Waals surface area contributed by atoms with Gasteiger partial charge in [-0.1, -0.05) is 96.8 Å². The summed E-state index contributed by atoms with van der Waals surface area (Å²) in [7, 11) is 0. The van der Waals surface area contributed by atoms with Crippen molar-refractivity contribution in [3.63, 3.8) is 0 Å². The van der Waals surface area contributed by atoms with Gasteiger partial charge < -0.3 is 18.9 Å². The van der Waals surface area contributed by atoms with Crippen LogP contribution in [0.2, 0.25) is 0 Å². The summed E-state index contributed by atoms with van der Waals surface area (Å²) in [6.07, 6.45) is 19.5. The highest BCUT2D eigenvalue weighted by Gasteiger charge is 2.27. The molecule has 0 saturated carbocycles. The molecule has 1 heterocycles. The number of unbranched alkanes of at least 4 members (excludes halogenated alkanes) is 14. The lowest BCUT2D eigenvalue weighted by molar-refractivity contribution is -0.384. The molecule has 8 heteroatoms. The number of nitrogens with zero attached hydrogens (tertiary/aromatic N) is 1. The second-order valence-corrected chi connectivity index (χ2v) is 9.67. The van der Waals surface area contributed by atoms with E-state index in [4.69, 9.17) is 18.9 Å². The molecule has 0 radical (unpaired) electrons. The summed E-state index contributed by atoms with van der Waals surface area (Å²) in [6, 6.07) is 5.22. The number of carbonyl (C=O) groups excluding carboxylic acids is 1. The minimum atomic E-state index is -0.877. The highest BCUT2D eigenvalue weighted by atomic mass is 16.8.